The number of carbonyl (C=O) groups excluding carboxylic acids is 4. The fraction of sp³-hybridized carbons (Fsp3) is 0.542. The lowest BCUT2D eigenvalue weighted by atomic mass is 9.90. The summed E-state index contributed by atoms with van der Waals surface area (Å²) in [4.78, 5) is 56.1. The molecule has 0 aliphatic heterocycles. The Morgan fingerprint density at radius 2 is 1.07 bits per heavy atom. The highest BCUT2D eigenvalue weighted by molar-refractivity contribution is 6.29. The van der Waals surface area contributed by atoms with E-state index in [0.29, 0.717) is 28.8 Å². The Bertz CT molecular complexity index is 2320. The van der Waals surface area contributed by atoms with Gasteiger partial charge in [0, 0.05) is 41.6 Å². The number of rotatable bonds is 14. The predicted molar refractivity (Wildman–Crippen MR) is 268 cm³/mol. The van der Waals surface area contributed by atoms with Crippen LogP contribution in [0, 0.1) is 0 Å². The van der Waals surface area contributed by atoms with Crippen molar-refractivity contribution in [2.45, 2.75) is 168 Å². The van der Waals surface area contributed by atoms with Crippen molar-refractivity contribution in [3.63, 3.8) is 0 Å². The average molecular weight is 976 g/mol. The van der Waals surface area contributed by atoms with E-state index in [1.807, 2.05) is 71.9 Å². The number of anilines is 5. The lowest BCUT2D eigenvalue weighted by molar-refractivity contribution is 0.0475. The first-order valence-electron chi connectivity index (χ1n) is 23.6. The molecule has 376 valence electrons. The monoisotopic (exact) mass is 975 g/mol. The molecule has 21 heteroatoms. The molecule has 0 spiro atoms. The Labute approximate surface area is 410 Å². The van der Waals surface area contributed by atoms with Crippen LogP contribution >= 0.6 is 11.6 Å². The largest absolute Gasteiger partial charge is 0.444 e. The molecule has 2 fully saturated rings. The SMILES string of the molecule is CC(C)(C)OC(=O)N[C@H]1CCCC[C@H]1N.CCCc1cccc(Nc2cc(Cl)nnc2C(N)=O)n1.CCCc1cccc(Nc2cc(N[C@@H]3CCCC[C@@H]3NC(=O)OC(C)(C)C)nnc2C(N)=O)n1. The number of pyridine rings is 2. The maximum atomic E-state index is 12.3. The highest BCUT2D eigenvalue weighted by Gasteiger charge is 2.30. The van der Waals surface area contributed by atoms with Gasteiger partial charge in [-0.15, -0.1) is 20.4 Å². The number of nitrogens with one attached hydrogen (secondary N) is 5. The predicted octanol–water partition coefficient (Wildman–Crippen LogP) is 8.02. The number of amides is 4. The molecule has 0 bridgehead atoms. The number of alkyl carbamates (subject to hydrolysis) is 2. The van der Waals surface area contributed by atoms with Crippen molar-refractivity contribution in [3.05, 3.63) is 76.5 Å². The molecule has 4 atom stereocenters. The van der Waals surface area contributed by atoms with Gasteiger partial charge in [-0.3, -0.25) is 9.59 Å². The molecule has 69 heavy (non-hydrogen) atoms. The third-order valence-corrected chi connectivity index (χ3v) is 10.7. The normalized spacial score (nSPS) is 17.8. The van der Waals surface area contributed by atoms with Gasteiger partial charge in [-0.1, -0.05) is 76.1 Å². The minimum absolute atomic E-state index is 0.0251. The van der Waals surface area contributed by atoms with E-state index in [1.165, 1.54) is 6.07 Å². The van der Waals surface area contributed by atoms with Crippen LogP contribution in [0.1, 0.15) is 152 Å². The van der Waals surface area contributed by atoms with Gasteiger partial charge >= 0.3 is 12.2 Å². The molecule has 2 aliphatic carbocycles. The maximum Gasteiger partial charge on any atom is 0.407 e. The molecule has 0 radical (unpaired) electrons. The van der Waals surface area contributed by atoms with E-state index in [-0.39, 0.29) is 46.8 Å². The van der Waals surface area contributed by atoms with Crippen molar-refractivity contribution in [2.75, 3.05) is 16.0 Å². The van der Waals surface area contributed by atoms with E-state index in [4.69, 9.17) is 38.3 Å². The van der Waals surface area contributed by atoms with Gasteiger partial charge in [0.1, 0.15) is 22.8 Å². The number of primary amides is 2. The van der Waals surface area contributed by atoms with E-state index in [2.05, 4.69) is 70.8 Å². The van der Waals surface area contributed by atoms with Gasteiger partial charge in [-0.2, -0.15) is 0 Å². The standard InChI is InChI=1S/C24H35N7O3.C13H14ClN5O.C11H22N2O2/c1-5-9-15-10-8-13-19(26-15)28-18-14-20(30-31-21(18)22(25)32)27-16-11-6-7-12-17(16)29-23(33)34-24(2,3)4;1-2-4-8-5-3-6-11(16-8)17-9-7-10(14)18-19-12(9)13(15)20;1-11(2,3)15-10(14)13-9-7-5-4-6-8(9)12/h8,10,13-14,16-17H,5-7,9,11-12H2,1-4H3,(H2,25,32)(H,29,33)(H2,26,27,28,30);3,5-7H,2,4H2,1H3,(H2,15,20)(H,16,17,18);8-9H,4-7,12H2,1-3H3,(H,13,14)/t16-,17+;;8-,9+/m1.1/s1. The Kier molecular flexibility index (Phi) is 21.1. The number of aromatic nitrogens is 6. The van der Waals surface area contributed by atoms with E-state index < -0.39 is 29.1 Å². The molecule has 2 aliphatic rings. The minimum atomic E-state index is -0.687. The number of nitrogens with two attached hydrogens (primary N) is 3. The molecule has 20 nitrogen and oxygen atoms in total. The smallest absolute Gasteiger partial charge is 0.407 e. The van der Waals surface area contributed by atoms with Crippen LogP contribution in [0.3, 0.4) is 0 Å². The maximum absolute atomic E-state index is 12.3. The van der Waals surface area contributed by atoms with Gasteiger partial charge in [0.2, 0.25) is 0 Å². The van der Waals surface area contributed by atoms with Gasteiger partial charge in [0.15, 0.2) is 22.4 Å². The van der Waals surface area contributed by atoms with Crippen LogP contribution in [-0.2, 0) is 22.3 Å². The summed E-state index contributed by atoms with van der Waals surface area (Å²) >= 11 is 5.78. The van der Waals surface area contributed by atoms with Crippen LogP contribution in [0.2, 0.25) is 5.15 Å². The van der Waals surface area contributed by atoms with Gasteiger partial charge in [0.05, 0.1) is 17.4 Å². The second-order valence-corrected chi connectivity index (χ2v) is 19.3. The molecule has 4 heterocycles. The lowest BCUT2D eigenvalue weighted by Gasteiger charge is -2.33. The molecule has 4 aromatic rings. The number of ether oxygens (including phenoxy) is 2. The summed E-state index contributed by atoms with van der Waals surface area (Å²) in [5.74, 6) is 0.298. The zero-order valence-electron chi connectivity index (χ0n) is 41.2. The molecule has 11 N–H and O–H groups in total. The van der Waals surface area contributed by atoms with E-state index in [0.717, 1.165) is 88.4 Å². The summed E-state index contributed by atoms with van der Waals surface area (Å²) in [6.07, 6.45) is 10.9. The van der Waals surface area contributed by atoms with Crippen LogP contribution in [0.4, 0.5) is 38.4 Å². The summed E-state index contributed by atoms with van der Waals surface area (Å²) < 4.78 is 10.6. The Morgan fingerprint density at radius 3 is 1.55 bits per heavy atom. The topological polar surface area (TPSA) is 302 Å². The second-order valence-electron chi connectivity index (χ2n) is 18.9. The molecule has 4 aromatic heterocycles. The van der Waals surface area contributed by atoms with Crippen molar-refractivity contribution in [3.8, 4) is 0 Å². The van der Waals surface area contributed by atoms with Gasteiger partial charge in [-0.05, 0) is 104 Å². The minimum Gasteiger partial charge on any atom is -0.444 e. The quantitative estimate of drug-likeness (QED) is 0.0593. The summed E-state index contributed by atoms with van der Waals surface area (Å²) in [6, 6.07) is 14.5. The lowest BCUT2D eigenvalue weighted by Crippen LogP contribution is -2.50. The van der Waals surface area contributed by atoms with Crippen LogP contribution in [0.15, 0.2) is 48.5 Å². The number of hydrogen-bond donors (Lipinski definition) is 8. The fourth-order valence-corrected chi connectivity index (χ4v) is 7.62. The Hall–Kier alpha value is -6.41. The fourth-order valence-electron chi connectivity index (χ4n) is 7.47. The van der Waals surface area contributed by atoms with Crippen LogP contribution in [0.25, 0.3) is 0 Å². The third kappa shape index (κ3) is 19.6. The summed E-state index contributed by atoms with van der Waals surface area (Å²) in [6.45, 7) is 15.2. The highest BCUT2D eigenvalue weighted by atomic mass is 35.5. The Balaban J connectivity index is 0.000000250. The zero-order valence-corrected chi connectivity index (χ0v) is 41.9. The zero-order chi connectivity index (χ0) is 50.7. The molecular weight excluding hydrogens is 904 g/mol. The second kappa shape index (κ2) is 26.4. The third-order valence-electron chi connectivity index (χ3n) is 10.5. The number of nitrogens with zero attached hydrogens (tertiary/aromatic N) is 6. The van der Waals surface area contributed by atoms with Crippen LogP contribution < -0.4 is 43.8 Å². The number of carbonyl (C=O) groups is 4. The molecule has 0 aromatic carbocycles. The van der Waals surface area contributed by atoms with E-state index in [9.17, 15) is 19.2 Å². The first-order chi connectivity index (χ1) is 32.6. The van der Waals surface area contributed by atoms with Crippen molar-refractivity contribution >= 4 is 64.4 Å². The molecule has 0 unspecified atom stereocenters. The summed E-state index contributed by atoms with van der Waals surface area (Å²) in [7, 11) is 0. The molecule has 0 saturated heterocycles. The summed E-state index contributed by atoms with van der Waals surface area (Å²) in [5, 5.41) is 31.0. The molecular formula is C48H71ClN14O6. The first-order valence-corrected chi connectivity index (χ1v) is 24.0. The molecule has 4 amide bonds. The van der Waals surface area contributed by atoms with E-state index in [1.54, 1.807) is 12.1 Å². The van der Waals surface area contributed by atoms with Gasteiger partial charge < -0.3 is 53.3 Å². The van der Waals surface area contributed by atoms with Crippen molar-refractivity contribution < 1.29 is 28.7 Å². The first kappa shape index (κ1) is 55.2. The van der Waals surface area contributed by atoms with Crippen LogP contribution in [0.5, 0.6) is 0 Å². The number of halogens is 1. The molecule has 6 rings (SSSR count). The Morgan fingerprint density at radius 1 is 0.623 bits per heavy atom. The molecule has 2 saturated carbocycles. The van der Waals surface area contributed by atoms with E-state index >= 15 is 0 Å². The van der Waals surface area contributed by atoms with Crippen LogP contribution in [-0.4, -0.2) is 89.7 Å². The summed E-state index contributed by atoms with van der Waals surface area (Å²) in [5.41, 5.74) is 18.5. The average Bonchev–Trinajstić information content (AvgIpc) is 3.25. The van der Waals surface area contributed by atoms with Gasteiger partial charge in [-0.25, -0.2) is 19.6 Å². The van der Waals surface area contributed by atoms with Crippen molar-refractivity contribution in [2.24, 2.45) is 17.2 Å². The van der Waals surface area contributed by atoms with Crippen molar-refractivity contribution in [1.29, 1.82) is 0 Å². The van der Waals surface area contributed by atoms with Gasteiger partial charge in [0.25, 0.3) is 11.8 Å². The number of aryl methyl sites for hydroxylation is 2. The van der Waals surface area contributed by atoms with Crippen molar-refractivity contribution in [1.82, 2.24) is 41.0 Å². The highest BCUT2D eigenvalue weighted by Crippen LogP contribution is 2.26. The number of hydrogen-bond acceptors (Lipinski definition) is 16.